The molecule has 0 heterocycles. The van der Waals surface area contributed by atoms with Crippen LogP contribution in [0.15, 0.2) is 0 Å². The van der Waals surface area contributed by atoms with E-state index in [9.17, 15) is 5.11 Å². The zero-order chi connectivity index (χ0) is 13.5. The lowest BCUT2D eigenvalue weighted by molar-refractivity contribution is -0.0238. The second kappa shape index (κ2) is 7.20. The quantitative estimate of drug-likeness (QED) is 0.589. The maximum atomic E-state index is 9.35. The standard InChI is InChI=1S/C7H16O.C4H10O.CH4O/c1-6(2,3)7(4,5)8;1-4(2,3)5;1-2/h8H,1-5H3;5H,1-3H3;2H,1H3. The Kier molecular flexibility index (Phi) is 9.75. The molecule has 0 radical (unpaired) electrons. The molecule has 96 valence electrons. The molecule has 3 N–H and O–H groups in total. The number of aliphatic hydroxyl groups is 3. The maximum absolute atomic E-state index is 9.35. The molecule has 0 bridgehead atoms. The van der Waals surface area contributed by atoms with E-state index in [0.29, 0.717) is 0 Å². The second-order valence-electron chi connectivity index (χ2n) is 5.98. The second-order valence-corrected chi connectivity index (χ2v) is 5.98. The molecule has 3 nitrogen and oxygen atoms in total. The van der Waals surface area contributed by atoms with E-state index in [-0.39, 0.29) is 5.41 Å². The average molecular weight is 222 g/mol. The lowest BCUT2D eigenvalue weighted by Gasteiger charge is -2.33. The first-order chi connectivity index (χ1) is 6.25. The highest BCUT2D eigenvalue weighted by molar-refractivity contribution is 4.80. The number of hydrogen-bond acceptors (Lipinski definition) is 3. The third-order valence-corrected chi connectivity index (χ3v) is 1.84. The van der Waals surface area contributed by atoms with Crippen molar-refractivity contribution >= 4 is 0 Å². The minimum atomic E-state index is -0.562. The molecule has 0 amide bonds. The van der Waals surface area contributed by atoms with Crippen molar-refractivity contribution in [1.29, 1.82) is 0 Å². The molecule has 0 aromatic heterocycles. The number of hydrogen-bond donors (Lipinski definition) is 3. The van der Waals surface area contributed by atoms with Crippen molar-refractivity contribution in [3.05, 3.63) is 0 Å². The van der Waals surface area contributed by atoms with E-state index in [1.807, 2.05) is 34.6 Å². The van der Waals surface area contributed by atoms with E-state index in [0.717, 1.165) is 7.11 Å². The van der Waals surface area contributed by atoms with Gasteiger partial charge < -0.3 is 15.3 Å². The molecule has 0 saturated carbocycles. The summed E-state index contributed by atoms with van der Waals surface area (Å²) in [6.45, 7) is 14.9. The van der Waals surface area contributed by atoms with Gasteiger partial charge in [0.25, 0.3) is 0 Å². The van der Waals surface area contributed by atoms with Crippen molar-refractivity contribution in [2.24, 2.45) is 5.41 Å². The molecule has 0 aromatic rings. The molecule has 0 saturated heterocycles. The number of aliphatic hydroxyl groups excluding tert-OH is 1. The van der Waals surface area contributed by atoms with Crippen molar-refractivity contribution in [2.45, 2.75) is 66.6 Å². The summed E-state index contributed by atoms with van der Waals surface area (Å²) >= 11 is 0. The molecule has 0 aromatic carbocycles. The van der Waals surface area contributed by atoms with Crippen LogP contribution >= 0.6 is 0 Å². The fraction of sp³-hybridized carbons (Fsp3) is 1.00. The van der Waals surface area contributed by atoms with Gasteiger partial charge in [0.05, 0.1) is 11.2 Å². The Morgan fingerprint density at radius 3 is 0.667 bits per heavy atom. The van der Waals surface area contributed by atoms with Crippen LogP contribution in [0.2, 0.25) is 0 Å². The molecule has 0 atom stereocenters. The Morgan fingerprint density at radius 1 is 0.600 bits per heavy atom. The Labute approximate surface area is 95.1 Å². The van der Waals surface area contributed by atoms with E-state index in [1.165, 1.54) is 0 Å². The summed E-state index contributed by atoms with van der Waals surface area (Å²) in [7, 11) is 1.00. The van der Waals surface area contributed by atoms with Gasteiger partial charge in [0.2, 0.25) is 0 Å². The molecular formula is C12H30O3. The molecule has 0 rings (SSSR count). The van der Waals surface area contributed by atoms with E-state index in [2.05, 4.69) is 0 Å². The summed E-state index contributed by atoms with van der Waals surface area (Å²) in [4.78, 5) is 0. The Balaban J connectivity index is -0.000000177. The third-order valence-electron chi connectivity index (χ3n) is 1.84. The Morgan fingerprint density at radius 2 is 0.667 bits per heavy atom. The van der Waals surface area contributed by atoms with Crippen LogP contribution in [0.3, 0.4) is 0 Å². The van der Waals surface area contributed by atoms with Gasteiger partial charge in [0.1, 0.15) is 0 Å². The van der Waals surface area contributed by atoms with Crippen LogP contribution in [0.1, 0.15) is 55.4 Å². The van der Waals surface area contributed by atoms with E-state index in [1.54, 1.807) is 20.8 Å². The van der Waals surface area contributed by atoms with E-state index < -0.39 is 11.2 Å². The molecule has 15 heavy (non-hydrogen) atoms. The molecule has 0 aliphatic carbocycles. The average Bonchev–Trinajstić information content (AvgIpc) is 1.83. The van der Waals surface area contributed by atoms with Crippen molar-refractivity contribution < 1.29 is 15.3 Å². The van der Waals surface area contributed by atoms with Crippen molar-refractivity contribution in [2.75, 3.05) is 7.11 Å². The van der Waals surface area contributed by atoms with Gasteiger partial charge >= 0.3 is 0 Å². The molecule has 0 fully saturated rings. The molecule has 0 unspecified atom stereocenters. The highest BCUT2D eigenvalue weighted by Gasteiger charge is 2.29. The third kappa shape index (κ3) is 24.8. The van der Waals surface area contributed by atoms with E-state index >= 15 is 0 Å². The molecule has 0 aliphatic rings. The van der Waals surface area contributed by atoms with Crippen molar-refractivity contribution in [1.82, 2.24) is 0 Å². The van der Waals surface area contributed by atoms with Gasteiger partial charge in [-0.3, -0.25) is 0 Å². The fourth-order valence-corrected chi connectivity index (χ4v) is 0. The van der Waals surface area contributed by atoms with E-state index in [4.69, 9.17) is 10.2 Å². The highest BCUT2D eigenvalue weighted by atomic mass is 16.3. The zero-order valence-corrected chi connectivity index (χ0v) is 11.8. The van der Waals surface area contributed by atoms with Crippen LogP contribution in [0.4, 0.5) is 0 Å². The van der Waals surface area contributed by atoms with Crippen LogP contribution in [-0.4, -0.2) is 33.6 Å². The van der Waals surface area contributed by atoms with Gasteiger partial charge in [-0.25, -0.2) is 0 Å². The summed E-state index contributed by atoms with van der Waals surface area (Å²) in [5.74, 6) is 0. The smallest absolute Gasteiger partial charge is 0.0639 e. The van der Waals surface area contributed by atoms with Crippen molar-refractivity contribution in [3.8, 4) is 0 Å². The minimum absolute atomic E-state index is 0.00694. The summed E-state index contributed by atoms with van der Waals surface area (Å²) < 4.78 is 0. The summed E-state index contributed by atoms with van der Waals surface area (Å²) in [5, 5.41) is 24.9. The van der Waals surface area contributed by atoms with Gasteiger partial charge in [0, 0.05) is 7.11 Å². The normalized spacial score (nSPS) is 12.0. The highest BCUT2D eigenvalue weighted by Crippen LogP contribution is 2.28. The molecule has 0 spiro atoms. The molecule has 0 aliphatic heterocycles. The Hall–Kier alpha value is -0.120. The van der Waals surface area contributed by atoms with Gasteiger partial charge in [-0.05, 0) is 40.0 Å². The van der Waals surface area contributed by atoms with Crippen LogP contribution < -0.4 is 0 Å². The summed E-state index contributed by atoms with van der Waals surface area (Å²) in [6.07, 6.45) is 0. The monoisotopic (exact) mass is 222 g/mol. The lowest BCUT2D eigenvalue weighted by Crippen LogP contribution is -2.35. The predicted octanol–water partition coefficient (Wildman–Crippen LogP) is 2.19. The minimum Gasteiger partial charge on any atom is -0.400 e. The molecular weight excluding hydrogens is 192 g/mol. The van der Waals surface area contributed by atoms with Gasteiger partial charge in [-0.1, -0.05) is 20.8 Å². The van der Waals surface area contributed by atoms with Crippen LogP contribution in [0.25, 0.3) is 0 Å². The predicted molar refractivity (Wildman–Crippen MR) is 65.9 cm³/mol. The SMILES string of the molecule is CC(C)(C)C(C)(C)O.CC(C)(C)O.CO. The topological polar surface area (TPSA) is 60.7 Å². The first kappa shape index (κ1) is 20.3. The zero-order valence-electron chi connectivity index (χ0n) is 11.8. The Bertz CT molecular complexity index is 114. The van der Waals surface area contributed by atoms with Crippen LogP contribution in [0.5, 0.6) is 0 Å². The van der Waals surface area contributed by atoms with Gasteiger partial charge in [-0.2, -0.15) is 0 Å². The van der Waals surface area contributed by atoms with Crippen LogP contribution in [0, 0.1) is 5.41 Å². The largest absolute Gasteiger partial charge is 0.400 e. The first-order valence-corrected chi connectivity index (χ1v) is 5.14. The fourth-order valence-electron chi connectivity index (χ4n) is 0. The lowest BCUT2D eigenvalue weighted by atomic mass is 9.79. The van der Waals surface area contributed by atoms with Crippen molar-refractivity contribution in [3.63, 3.8) is 0 Å². The van der Waals surface area contributed by atoms with Gasteiger partial charge in [-0.15, -0.1) is 0 Å². The van der Waals surface area contributed by atoms with Crippen LogP contribution in [-0.2, 0) is 0 Å². The summed E-state index contributed by atoms with van der Waals surface area (Å²) in [6, 6.07) is 0. The van der Waals surface area contributed by atoms with Gasteiger partial charge in [0.15, 0.2) is 0 Å². The summed E-state index contributed by atoms with van der Waals surface area (Å²) in [5.41, 5.74) is -1.07. The maximum Gasteiger partial charge on any atom is 0.0639 e. The first-order valence-electron chi connectivity index (χ1n) is 5.14. The number of rotatable bonds is 0. The molecule has 3 heteroatoms.